The third-order valence-corrected chi connectivity index (χ3v) is 19.1. The van der Waals surface area contributed by atoms with Gasteiger partial charge >= 0.3 is 39.5 Å². The zero-order chi connectivity index (χ0) is 66.5. The maximum atomic E-state index is 13.0. The monoisotopic (exact) mass is 1320 g/mol. The van der Waals surface area contributed by atoms with E-state index in [1.807, 2.05) is 0 Å². The van der Waals surface area contributed by atoms with Crippen molar-refractivity contribution in [2.75, 3.05) is 39.6 Å². The quantitative estimate of drug-likeness (QED) is 0.0222. The first-order valence-corrected chi connectivity index (χ1v) is 40.1. The van der Waals surface area contributed by atoms with E-state index in [4.69, 9.17) is 37.0 Å². The van der Waals surface area contributed by atoms with E-state index in [0.717, 1.165) is 102 Å². The predicted octanol–water partition coefficient (Wildman–Crippen LogP) is 20.4. The van der Waals surface area contributed by atoms with Gasteiger partial charge in [0, 0.05) is 25.7 Å². The average Bonchev–Trinajstić information content (AvgIpc) is 2.96. The van der Waals surface area contributed by atoms with E-state index in [0.29, 0.717) is 25.7 Å². The number of aliphatic hydroxyl groups is 1. The molecule has 0 heterocycles. The van der Waals surface area contributed by atoms with Crippen molar-refractivity contribution >= 4 is 39.5 Å². The van der Waals surface area contributed by atoms with Gasteiger partial charge in [0.05, 0.1) is 26.4 Å². The number of hydrogen-bond donors (Lipinski definition) is 3. The molecule has 0 aliphatic carbocycles. The van der Waals surface area contributed by atoms with Crippen LogP contribution in [0.3, 0.4) is 0 Å². The van der Waals surface area contributed by atoms with Crippen molar-refractivity contribution in [3.05, 3.63) is 0 Å². The van der Waals surface area contributed by atoms with Crippen molar-refractivity contribution < 1.29 is 80.2 Å². The molecule has 0 rings (SSSR count). The fourth-order valence-electron chi connectivity index (χ4n) is 10.7. The van der Waals surface area contributed by atoms with Gasteiger partial charge < -0.3 is 33.8 Å². The normalized spacial score (nSPS) is 14.7. The van der Waals surface area contributed by atoms with Gasteiger partial charge in [0.2, 0.25) is 0 Å². The molecule has 0 fully saturated rings. The summed E-state index contributed by atoms with van der Waals surface area (Å²) in [5.41, 5.74) is 0. The summed E-state index contributed by atoms with van der Waals surface area (Å²) in [4.78, 5) is 72.6. The fourth-order valence-corrected chi connectivity index (χ4v) is 12.3. The Morgan fingerprint density at radius 1 is 0.311 bits per heavy atom. The molecular formula is C71H138O17P2. The van der Waals surface area contributed by atoms with E-state index in [2.05, 4.69) is 41.5 Å². The molecule has 0 aliphatic heterocycles. The molecule has 0 amide bonds. The van der Waals surface area contributed by atoms with Gasteiger partial charge in [0.25, 0.3) is 0 Å². The third kappa shape index (κ3) is 62.2. The van der Waals surface area contributed by atoms with E-state index in [-0.39, 0.29) is 25.7 Å². The number of carbonyl (C=O) groups excluding carboxylic acids is 4. The van der Waals surface area contributed by atoms with E-state index >= 15 is 0 Å². The fraction of sp³-hybridized carbons (Fsp3) is 0.944. The molecule has 90 heavy (non-hydrogen) atoms. The lowest BCUT2D eigenvalue weighted by molar-refractivity contribution is -0.161. The summed E-state index contributed by atoms with van der Waals surface area (Å²) >= 11 is 0. The van der Waals surface area contributed by atoms with E-state index < -0.39 is 97.5 Å². The highest BCUT2D eigenvalue weighted by Gasteiger charge is 2.30. The standard InChI is InChI=1S/C71H138O17P2/c1-7-11-13-15-17-19-20-21-22-31-37-43-49-55-70(75)87-66(59-81-68(73)53-47-41-35-27-18-16-14-12-8-2)61-85-89(77,78)83-57-65(72)58-84-90(79,80)86-62-67(88-71(76)56-50-44-38-32-26-24-29-34-40-46-52-64(6)10-4)60-82-69(74)54-48-42-36-30-25-23-28-33-39-45-51-63(5)9-3/h63-67,72H,7-62H2,1-6H3,(H,77,78)(H,79,80)/t63?,64?,65-,66+,67+/m0/s1. The smallest absolute Gasteiger partial charge is 0.462 e. The molecule has 0 spiro atoms. The van der Waals surface area contributed by atoms with Crippen LogP contribution in [0.1, 0.15) is 363 Å². The number of unbranched alkanes of at least 4 members (excludes halogenated alkanes) is 38. The number of carbonyl (C=O) groups is 4. The van der Waals surface area contributed by atoms with Crippen molar-refractivity contribution in [3.63, 3.8) is 0 Å². The Morgan fingerprint density at radius 2 is 0.533 bits per heavy atom. The van der Waals surface area contributed by atoms with E-state index in [1.54, 1.807) is 0 Å². The maximum absolute atomic E-state index is 13.0. The summed E-state index contributed by atoms with van der Waals surface area (Å²) in [6, 6.07) is 0. The number of phosphoric ester groups is 2. The molecule has 3 N–H and O–H groups in total. The molecule has 0 bridgehead atoms. The van der Waals surface area contributed by atoms with Crippen molar-refractivity contribution in [1.29, 1.82) is 0 Å². The highest BCUT2D eigenvalue weighted by atomic mass is 31.2. The summed E-state index contributed by atoms with van der Waals surface area (Å²) < 4.78 is 68.3. The van der Waals surface area contributed by atoms with E-state index in [1.165, 1.54) is 180 Å². The van der Waals surface area contributed by atoms with Gasteiger partial charge in [0.1, 0.15) is 19.3 Å². The van der Waals surface area contributed by atoms with Crippen LogP contribution in [0.5, 0.6) is 0 Å². The van der Waals surface area contributed by atoms with Crippen LogP contribution >= 0.6 is 15.6 Å². The second kappa shape index (κ2) is 63.1. The van der Waals surface area contributed by atoms with Gasteiger partial charge in [-0.1, -0.05) is 311 Å². The number of esters is 4. The summed E-state index contributed by atoms with van der Waals surface area (Å²) in [6.07, 6.45) is 48.3. The number of ether oxygens (including phenoxy) is 4. The first-order valence-electron chi connectivity index (χ1n) is 37.1. The van der Waals surface area contributed by atoms with E-state index in [9.17, 15) is 43.2 Å². The van der Waals surface area contributed by atoms with Crippen molar-refractivity contribution in [1.82, 2.24) is 0 Å². The Kier molecular flexibility index (Phi) is 61.8. The van der Waals surface area contributed by atoms with Gasteiger partial charge in [-0.05, 0) is 37.5 Å². The predicted molar refractivity (Wildman–Crippen MR) is 363 cm³/mol. The summed E-state index contributed by atoms with van der Waals surface area (Å²) in [5, 5.41) is 10.6. The largest absolute Gasteiger partial charge is 0.472 e. The molecule has 7 atom stereocenters. The second-order valence-corrected chi connectivity index (χ2v) is 29.0. The number of rotatable bonds is 70. The van der Waals surface area contributed by atoms with Crippen molar-refractivity contribution in [2.45, 2.75) is 381 Å². The second-order valence-electron chi connectivity index (χ2n) is 26.1. The molecule has 0 saturated heterocycles. The van der Waals surface area contributed by atoms with Crippen LogP contribution in [0.25, 0.3) is 0 Å². The molecule has 4 unspecified atom stereocenters. The molecule has 17 nitrogen and oxygen atoms in total. The Bertz CT molecular complexity index is 1760. The SMILES string of the molecule is CCCCCCCCCCCCCCCC(=O)O[C@H](COC(=O)CCCCCCCCCCC)COP(=O)(O)OC[C@H](O)COP(=O)(O)OC[C@@H](COC(=O)CCCCCCCCCCCCC(C)CC)OC(=O)CCCCCCCCCCCCC(C)CC. The molecule has 19 heteroatoms. The van der Waals surface area contributed by atoms with Crippen LogP contribution in [0, 0.1) is 11.8 Å². The highest BCUT2D eigenvalue weighted by molar-refractivity contribution is 7.47. The molecule has 0 aromatic rings. The van der Waals surface area contributed by atoms with Gasteiger partial charge in [-0.25, -0.2) is 9.13 Å². The Hall–Kier alpha value is -1.94. The Balaban J connectivity index is 5.25. The van der Waals surface area contributed by atoms with Crippen LogP contribution in [0.4, 0.5) is 0 Å². The lowest BCUT2D eigenvalue weighted by atomic mass is 9.99. The summed E-state index contributed by atoms with van der Waals surface area (Å²) in [5.74, 6) is -0.510. The van der Waals surface area contributed by atoms with Gasteiger partial charge in [-0.3, -0.25) is 37.3 Å². The van der Waals surface area contributed by atoms with Crippen molar-refractivity contribution in [3.8, 4) is 0 Å². The number of aliphatic hydroxyl groups excluding tert-OH is 1. The Morgan fingerprint density at radius 3 is 0.789 bits per heavy atom. The molecular weight excluding hydrogens is 1190 g/mol. The maximum Gasteiger partial charge on any atom is 0.472 e. The van der Waals surface area contributed by atoms with Crippen LogP contribution < -0.4 is 0 Å². The van der Waals surface area contributed by atoms with Crippen LogP contribution in [0.2, 0.25) is 0 Å². The minimum atomic E-state index is -4.95. The first-order chi connectivity index (χ1) is 43.4. The topological polar surface area (TPSA) is 237 Å². The highest BCUT2D eigenvalue weighted by Crippen LogP contribution is 2.45. The van der Waals surface area contributed by atoms with Crippen LogP contribution in [0.15, 0.2) is 0 Å². The molecule has 0 aromatic heterocycles. The van der Waals surface area contributed by atoms with Gasteiger partial charge in [-0.15, -0.1) is 0 Å². The summed E-state index contributed by atoms with van der Waals surface area (Å²) in [7, 11) is -9.90. The first kappa shape index (κ1) is 88.1. The zero-order valence-corrected chi connectivity index (χ0v) is 60.2. The molecule has 0 radical (unpaired) electrons. The lowest BCUT2D eigenvalue weighted by Gasteiger charge is -2.21. The minimum Gasteiger partial charge on any atom is -0.462 e. The number of phosphoric acid groups is 2. The van der Waals surface area contributed by atoms with Gasteiger partial charge in [-0.2, -0.15) is 0 Å². The van der Waals surface area contributed by atoms with Crippen molar-refractivity contribution in [2.24, 2.45) is 11.8 Å². The van der Waals surface area contributed by atoms with Crippen LogP contribution in [-0.4, -0.2) is 96.7 Å². The van der Waals surface area contributed by atoms with Crippen LogP contribution in [-0.2, 0) is 65.4 Å². The molecule has 0 saturated carbocycles. The third-order valence-electron chi connectivity index (χ3n) is 17.2. The molecule has 534 valence electrons. The lowest BCUT2D eigenvalue weighted by Crippen LogP contribution is -2.30. The minimum absolute atomic E-state index is 0.106. The Labute approximate surface area is 549 Å². The van der Waals surface area contributed by atoms with Gasteiger partial charge in [0.15, 0.2) is 12.2 Å². The molecule has 0 aromatic carbocycles. The zero-order valence-electron chi connectivity index (χ0n) is 58.4. The number of hydrogen-bond acceptors (Lipinski definition) is 15. The summed E-state index contributed by atoms with van der Waals surface area (Å²) in [6.45, 7) is 9.60. The molecule has 0 aliphatic rings. The average molecular weight is 1330 g/mol.